The summed E-state index contributed by atoms with van der Waals surface area (Å²) in [6, 6.07) is 0. The Bertz CT molecular complexity index is 242. The Morgan fingerprint density at radius 2 is 2.15 bits per heavy atom. The van der Waals surface area contributed by atoms with Crippen LogP contribution in [-0.4, -0.2) is 5.78 Å². The predicted molar refractivity (Wildman–Crippen MR) is 53.4 cm³/mol. The van der Waals surface area contributed by atoms with Gasteiger partial charge in [0.1, 0.15) is 0 Å². The molecule has 1 heteroatoms. The molecular weight excluding hydrogens is 160 g/mol. The van der Waals surface area contributed by atoms with Crippen LogP contribution in [0.5, 0.6) is 0 Å². The van der Waals surface area contributed by atoms with Gasteiger partial charge in [-0.05, 0) is 49.5 Å². The predicted octanol–water partition coefficient (Wildman–Crippen LogP) is 2.96. The van der Waals surface area contributed by atoms with Gasteiger partial charge in [0, 0.05) is 6.42 Å². The van der Waals surface area contributed by atoms with Crippen molar-refractivity contribution in [2.45, 2.75) is 39.0 Å². The zero-order valence-electron chi connectivity index (χ0n) is 8.38. The maximum Gasteiger partial charge on any atom is 0.158 e. The fourth-order valence-electron chi connectivity index (χ4n) is 3.04. The quantitative estimate of drug-likeness (QED) is 0.607. The molecule has 0 radical (unpaired) electrons. The molecule has 3 unspecified atom stereocenters. The summed E-state index contributed by atoms with van der Waals surface area (Å²) in [6.07, 6.45) is 6.27. The first-order valence-corrected chi connectivity index (χ1v) is 5.35. The zero-order valence-corrected chi connectivity index (χ0v) is 8.38. The second kappa shape index (κ2) is 3.28. The summed E-state index contributed by atoms with van der Waals surface area (Å²) in [7, 11) is 0. The van der Waals surface area contributed by atoms with Crippen LogP contribution < -0.4 is 0 Å². The molecule has 72 valence electrons. The van der Waals surface area contributed by atoms with Crippen LogP contribution >= 0.6 is 0 Å². The third-order valence-corrected chi connectivity index (χ3v) is 3.81. The molecule has 0 saturated heterocycles. The van der Waals surface area contributed by atoms with Crippen LogP contribution in [0.15, 0.2) is 12.2 Å². The molecule has 3 atom stereocenters. The average molecular weight is 178 g/mol. The largest absolute Gasteiger partial charge is 0.295 e. The van der Waals surface area contributed by atoms with Gasteiger partial charge >= 0.3 is 0 Å². The standard InChI is InChI=1S/C12H18O/c1-8(2)12(13)7-11-6-9-3-4-10(11)5-9/h9-11H,1,3-7H2,2H3. The van der Waals surface area contributed by atoms with Crippen molar-refractivity contribution in [2.24, 2.45) is 17.8 Å². The number of rotatable bonds is 3. The summed E-state index contributed by atoms with van der Waals surface area (Å²) in [5.74, 6) is 2.81. The molecule has 2 aliphatic carbocycles. The zero-order chi connectivity index (χ0) is 9.42. The van der Waals surface area contributed by atoms with Gasteiger partial charge in [-0.2, -0.15) is 0 Å². The van der Waals surface area contributed by atoms with Gasteiger partial charge < -0.3 is 0 Å². The van der Waals surface area contributed by atoms with E-state index in [1.165, 1.54) is 25.7 Å². The number of ketones is 1. The van der Waals surface area contributed by atoms with Crippen molar-refractivity contribution in [1.82, 2.24) is 0 Å². The minimum Gasteiger partial charge on any atom is -0.295 e. The van der Waals surface area contributed by atoms with E-state index >= 15 is 0 Å². The van der Waals surface area contributed by atoms with E-state index in [9.17, 15) is 4.79 Å². The maximum absolute atomic E-state index is 11.5. The van der Waals surface area contributed by atoms with Crippen molar-refractivity contribution in [3.8, 4) is 0 Å². The number of allylic oxidation sites excluding steroid dienone is 1. The highest BCUT2D eigenvalue weighted by atomic mass is 16.1. The van der Waals surface area contributed by atoms with E-state index in [-0.39, 0.29) is 5.78 Å². The number of hydrogen-bond acceptors (Lipinski definition) is 1. The van der Waals surface area contributed by atoms with Crippen molar-refractivity contribution in [3.05, 3.63) is 12.2 Å². The number of fused-ring (bicyclic) bond motifs is 2. The molecule has 2 aliphatic rings. The minimum absolute atomic E-state index is 0.289. The van der Waals surface area contributed by atoms with E-state index in [0.717, 1.165) is 23.8 Å². The van der Waals surface area contributed by atoms with Gasteiger partial charge in [-0.3, -0.25) is 4.79 Å². The molecule has 2 rings (SSSR count). The van der Waals surface area contributed by atoms with Crippen molar-refractivity contribution in [3.63, 3.8) is 0 Å². The third kappa shape index (κ3) is 1.70. The molecule has 2 saturated carbocycles. The number of carbonyl (C=O) groups is 1. The van der Waals surface area contributed by atoms with Gasteiger partial charge in [-0.15, -0.1) is 0 Å². The first kappa shape index (κ1) is 8.98. The van der Waals surface area contributed by atoms with Gasteiger partial charge in [0.2, 0.25) is 0 Å². The van der Waals surface area contributed by atoms with Gasteiger partial charge in [0.25, 0.3) is 0 Å². The van der Waals surface area contributed by atoms with Crippen LogP contribution in [0, 0.1) is 17.8 Å². The van der Waals surface area contributed by atoms with Crippen LogP contribution in [0.3, 0.4) is 0 Å². The highest BCUT2D eigenvalue weighted by Gasteiger charge is 2.39. The minimum atomic E-state index is 0.289. The lowest BCUT2D eigenvalue weighted by molar-refractivity contribution is -0.116. The van der Waals surface area contributed by atoms with Crippen LogP contribution in [0.4, 0.5) is 0 Å². The van der Waals surface area contributed by atoms with Crippen LogP contribution in [0.25, 0.3) is 0 Å². The lowest BCUT2D eigenvalue weighted by Gasteiger charge is -2.20. The molecule has 0 aromatic heterocycles. The second-order valence-electron chi connectivity index (χ2n) is 4.84. The fourth-order valence-corrected chi connectivity index (χ4v) is 3.04. The number of Topliss-reactive ketones (excluding diaryl/α,β-unsaturated/α-hetero) is 1. The lowest BCUT2D eigenvalue weighted by Crippen LogP contribution is -2.15. The maximum atomic E-state index is 11.5. The van der Waals surface area contributed by atoms with Gasteiger partial charge in [0.15, 0.2) is 5.78 Å². The molecule has 0 aromatic rings. The average Bonchev–Trinajstić information content (AvgIpc) is 2.64. The third-order valence-electron chi connectivity index (χ3n) is 3.81. The second-order valence-corrected chi connectivity index (χ2v) is 4.84. The van der Waals surface area contributed by atoms with Gasteiger partial charge in [0.05, 0.1) is 0 Å². The Morgan fingerprint density at radius 1 is 1.38 bits per heavy atom. The normalized spacial score (nSPS) is 36.5. The Labute approximate surface area is 80.2 Å². The summed E-state index contributed by atoms with van der Waals surface area (Å²) >= 11 is 0. The van der Waals surface area contributed by atoms with Crippen LogP contribution in [-0.2, 0) is 4.79 Å². The SMILES string of the molecule is C=C(C)C(=O)CC1CC2CCC1C2. The molecule has 13 heavy (non-hydrogen) atoms. The van der Waals surface area contributed by atoms with Gasteiger partial charge in [-0.1, -0.05) is 13.0 Å². The molecule has 1 nitrogen and oxygen atoms in total. The Balaban J connectivity index is 1.90. The van der Waals surface area contributed by atoms with E-state index in [1.807, 2.05) is 6.92 Å². The van der Waals surface area contributed by atoms with Crippen molar-refractivity contribution in [2.75, 3.05) is 0 Å². The highest BCUT2D eigenvalue weighted by molar-refractivity contribution is 5.94. The topological polar surface area (TPSA) is 17.1 Å². The summed E-state index contributed by atoms with van der Waals surface area (Å²) in [5, 5.41) is 0. The van der Waals surface area contributed by atoms with Crippen molar-refractivity contribution in [1.29, 1.82) is 0 Å². The molecular formula is C12H18O. The Morgan fingerprint density at radius 3 is 2.62 bits per heavy atom. The number of hydrogen-bond donors (Lipinski definition) is 0. The Kier molecular flexibility index (Phi) is 2.27. The first-order valence-electron chi connectivity index (χ1n) is 5.35. The van der Waals surface area contributed by atoms with E-state index in [4.69, 9.17) is 0 Å². The molecule has 0 aromatic carbocycles. The summed E-state index contributed by atoms with van der Waals surface area (Å²) in [6.45, 7) is 5.54. The summed E-state index contributed by atoms with van der Waals surface area (Å²) in [5.41, 5.74) is 0.739. The lowest BCUT2D eigenvalue weighted by atomic mass is 9.84. The molecule has 0 heterocycles. The molecule has 0 spiro atoms. The molecule has 2 bridgehead atoms. The highest BCUT2D eigenvalue weighted by Crippen LogP contribution is 2.49. The molecule has 0 amide bonds. The Hall–Kier alpha value is -0.590. The molecule has 2 fully saturated rings. The van der Waals surface area contributed by atoms with E-state index in [1.54, 1.807) is 0 Å². The monoisotopic (exact) mass is 178 g/mol. The summed E-state index contributed by atoms with van der Waals surface area (Å²) in [4.78, 5) is 11.5. The van der Waals surface area contributed by atoms with E-state index in [2.05, 4.69) is 6.58 Å². The van der Waals surface area contributed by atoms with Crippen LogP contribution in [0.2, 0.25) is 0 Å². The van der Waals surface area contributed by atoms with E-state index < -0.39 is 0 Å². The fraction of sp³-hybridized carbons (Fsp3) is 0.750. The number of carbonyl (C=O) groups excluding carboxylic acids is 1. The summed E-state index contributed by atoms with van der Waals surface area (Å²) < 4.78 is 0. The molecule has 0 aliphatic heterocycles. The van der Waals surface area contributed by atoms with Gasteiger partial charge in [-0.25, -0.2) is 0 Å². The molecule has 0 N–H and O–H groups in total. The van der Waals surface area contributed by atoms with Crippen molar-refractivity contribution < 1.29 is 4.79 Å². The van der Waals surface area contributed by atoms with Crippen molar-refractivity contribution >= 4 is 5.78 Å². The first-order chi connectivity index (χ1) is 6.16. The smallest absolute Gasteiger partial charge is 0.158 e. The van der Waals surface area contributed by atoms with E-state index in [0.29, 0.717) is 5.92 Å². The van der Waals surface area contributed by atoms with Crippen LogP contribution in [0.1, 0.15) is 39.0 Å².